The largest absolute Gasteiger partial charge is 0.220 e. The topological polar surface area (TPSA) is 3.88 Å². The number of fused-ring (bicyclic) bond motifs is 1. The average Bonchev–Trinajstić information content (AvgIpc) is 2.68. The number of aromatic nitrogens is 1. The number of hydrogen-bond acceptors (Lipinski definition) is 0. The van der Waals surface area contributed by atoms with Crippen molar-refractivity contribution in [2.24, 2.45) is 7.05 Å². The highest BCUT2D eigenvalue weighted by molar-refractivity contribution is 6.94. The first-order valence-corrected chi connectivity index (χ1v) is 14.3. The molecule has 0 aliphatic heterocycles. The van der Waals surface area contributed by atoms with Crippen LogP contribution in [-0.4, -0.2) is 8.07 Å². The minimum Gasteiger partial charge on any atom is -0.200 e. The zero-order chi connectivity index (χ0) is 23.2. The number of aryl methyl sites for hydroxylation is 2. The van der Waals surface area contributed by atoms with Crippen LogP contribution in [0.1, 0.15) is 66.5 Å². The van der Waals surface area contributed by atoms with Crippen LogP contribution in [0.25, 0.3) is 22.0 Å². The predicted octanol–water partition coefficient (Wildman–Crippen LogP) is 7.43. The van der Waals surface area contributed by atoms with Crippen molar-refractivity contribution >= 4 is 24.0 Å². The minimum absolute atomic E-state index is 0.138. The Morgan fingerprint density at radius 3 is 2.03 bits per heavy atom. The second kappa shape index (κ2) is 8.20. The molecule has 0 bridgehead atoms. The van der Waals surface area contributed by atoms with Crippen molar-refractivity contribution in [2.75, 3.05) is 0 Å². The molecule has 0 saturated carbocycles. The summed E-state index contributed by atoms with van der Waals surface area (Å²) in [6, 6.07) is 19.2. The van der Waals surface area contributed by atoms with Crippen LogP contribution >= 0.6 is 0 Å². The summed E-state index contributed by atoms with van der Waals surface area (Å²) in [5.41, 5.74) is 5.53. The number of hydrogen-bond donors (Lipinski definition) is 0. The Labute approximate surface area is 191 Å². The first kappa shape index (κ1) is 23.7. The third-order valence-electron chi connectivity index (χ3n) is 7.69. The molecule has 31 heavy (non-hydrogen) atoms. The molecule has 0 radical (unpaired) electrons. The van der Waals surface area contributed by atoms with Gasteiger partial charge in [0.1, 0.15) is 7.05 Å². The Bertz CT molecular complexity index is 1090. The SMILES string of the molecule is CC[Si](CC)(c1ccc2c(-c3cc(C(C)(C)C)ccc3C)[n+](C)ccc2c1)C(C)(C)C. The van der Waals surface area contributed by atoms with Crippen LogP contribution in [0, 0.1) is 6.92 Å². The van der Waals surface area contributed by atoms with E-state index < -0.39 is 8.07 Å². The first-order chi connectivity index (χ1) is 14.4. The van der Waals surface area contributed by atoms with Gasteiger partial charge in [-0.1, -0.05) is 96.9 Å². The molecule has 0 aliphatic rings. The molecule has 0 N–H and O–H groups in total. The standard InChI is InChI=1S/C29H42NSi/c1-11-31(12-2,29(7,8)9)24-15-16-25-22(19-24)17-18-30(10)27(25)26-20-23(28(4,5)6)14-13-21(26)3/h13-20H,11-12H2,1-10H3/q+1. The van der Waals surface area contributed by atoms with E-state index in [-0.39, 0.29) is 5.41 Å². The van der Waals surface area contributed by atoms with Crippen molar-refractivity contribution in [3.05, 3.63) is 59.8 Å². The summed E-state index contributed by atoms with van der Waals surface area (Å²) >= 11 is 0. The van der Waals surface area contributed by atoms with Gasteiger partial charge in [0.15, 0.2) is 6.20 Å². The molecule has 0 aliphatic carbocycles. The quantitative estimate of drug-likeness (QED) is 0.298. The van der Waals surface area contributed by atoms with Gasteiger partial charge in [-0.3, -0.25) is 0 Å². The van der Waals surface area contributed by atoms with Gasteiger partial charge in [0.05, 0.1) is 13.5 Å². The highest BCUT2D eigenvalue weighted by Gasteiger charge is 2.42. The molecule has 166 valence electrons. The first-order valence-electron chi connectivity index (χ1n) is 11.9. The minimum atomic E-state index is -1.60. The number of rotatable bonds is 4. The third-order valence-corrected chi connectivity index (χ3v) is 14.4. The molecule has 1 heterocycles. The van der Waals surface area contributed by atoms with Gasteiger partial charge in [0.2, 0.25) is 5.69 Å². The molecule has 1 nitrogen and oxygen atoms in total. The van der Waals surface area contributed by atoms with E-state index in [0.717, 1.165) is 0 Å². The van der Waals surface area contributed by atoms with E-state index in [4.69, 9.17) is 0 Å². The van der Waals surface area contributed by atoms with E-state index in [1.807, 2.05) is 0 Å². The highest BCUT2D eigenvalue weighted by Crippen LogP contribution is 2.41. The van der Waals surface area contributed by atoms with E-state index in [9.17, 15) is 0 Å². The molecule has 0 fully saturated rings. The fourth-order valence-corrected chi connectivity index (χ4v) is 10.6. The van der Waals surface area contributed by atoms with Gasteiger partial charge < -0.3 is 0 Å². The number of pyridine rings is 1. The van der Waals surface area contributed by atoms with Crippen molar-refractivity contribution in [3.8, 4) is 11.3 Å². The molecule has 0 saturated heterocycles. The third kappa shape index (κ3) is 4.12. The second-order valence-corrected chi connectivity index (χ2v) is 17.1. The molecule has 0 unspecified atom stereocenters. The van der Waals surface area contributed by atoms with E-state index in [2.05, 4.69) is 123 Å². The molecular formula is C29H42NSi+. The summed E-state index contributed by atoms with van der Waals surface area (Å²) in [5.74, 6) is 0. The van der Waals surface area contributed by atoms with E-state index >= 15 is 0 Å². The average molecular weight is 433 g/mol. The molecular weight excluding hydrogens is 390 g/mol. The Morgan fingerprint density at radius 1 is 0.839 bits per heavy atom. The highest BCUT2D eigenvalue weighted by atomic mass is 28.3. The van der Waals surface area contributed by atoms with Crippen LogP contribution < -0.4 is 9.75 Å². The van der Waals surface area contributed by atoms with E-state index in [0.29, 0.717) is 5.04 Å². The van der Waals surface area contributed by atoms with E-state index in [1.165, 1.54) is 45.2 Å². The van der Waals surface area contributed by atoms with Crippen molar-refractivity contribution < 1.29 is 4.57 Å². The molecule has 0 spiro atoms. The zero-order valence-electron chi connectivity index (χ0n) is 21.5. The lowest BCUT2D eigenvalue weighted by Gasteiger charge is -2.42. The molecule has 3 rings (SSSR count). The lowest BCUT2D eigenvalue weighted by Crippen LogP contribution is -2.53. The van der Waals surface area contributed by atoms with Crippen LogP contribution in [0.3, 0.4) is 0 Å². The Kier molecular flexibility index (Phi) is 6.28. The number of nitrogens with zero attached hydrogens (tertiary/aromatic N) is 1. The summed E-state index contributed by atoms with van der Waals surface area (Å²) in [7, 11) is 0.579. The maximum Gasteiger partial charge on any atom is 0.220 e. The molecule has 2 heteroatoms. The van der Waals surface area contributed by atoms with Gasteiger partial charge in [0, 0.05) is 11.6 Å². The summed E-state index contributed by atoms with van der Waals surface area (Å²) in [4.78, 5) is 0. The lowest BCUT2D eigenvalue weighted by molar-refractivity contribution is -0.659. The van der Waals surface area contributed by atoms with Crippen LogP contribution in [0.4, 0.5) is 0 Å². The van der Waals surface area contributed by atoms with Crippen molar-refractivity contribution in [2.45, 2.75) is 84.9 Å². The zero-order valence-corrected chi connectivity index (χ0v) is 22.5. The molecule has 3 aromatic rings. The van der Waals surface area contributed by atoms with Crippen molar-refractivity contribution in [1.82, 2.24) is 0 Å². The summed E-state index contributed by atoms with van der Waals surface area (Å²) < 4.78 is 2.30. The smallest absolute Gasteiger partial charge is 0.200 e. The lowest BCUT2D eigenvalue weighted by atomic mass is 9.84. The van der Waals surface area contributed by atoms with Crippen LogP contribution in [0.15, 0.2) is 48.7 Å². The van der Waals surface area contributed by atoms with Gasteiger partial charge in [0.25, 0.3) is 0 Å². The maximum atomic E-state index is 2.52. The molecule has 1 aromatic heterocycles. The van der Waals surface area contributed by atoms with Crippen molar-refractivity contribution in [3.63, 3.8) is 0 Å². The Balaban J connectivity index is 2.29. The van der Waals surface area contributed by atoms with Crippen LogP contribution in [-0.2, 0) is 12.5 Å². The van der Waals surface area contributed by atoms with Gasteiger partial charge in [-0.25, -0.2) is 4.57 Å². The summed E-state index contributed by atoms with van der Waals surface area (Å²) in [6.45, 7) is 21.3. The van der Waals surface area contributed by atoms with Gasteiger partial charge in [-0.15, -0.1) is 0 Å². The fourth-order valence-electron chi connectivity index (χ4n) is 5.50. The van der Waals surface area contributed by atoms with Gasteiger partial charge in [-0.2, -0.15) is 0 Å². The maximum absolute atomic E-state index is 2.52. The van der Waals surface area contributed by atoms with Gasteiger partial charge >= 0.3 is 0 Å². The Hall–Kier alpha value is -1.93. The predicted molar refractivity (Wildman–Crippen MR) is 140 cm³/mol. The summed E-state index contributed by atoms with van der Waals surface area (Å²) in [5, 5.41) is 4.68. The second-order valence-electron chi connectivity index (χ2n) is 11.4. The van der Waals surface area contributed by atoms with E-state index in [1.54, 1.807) is 5.19 Å². The number of benzene rings is 2. The monoisotopic (exact) mass is 432 g/mol. The molecule has 2 aromatic carbocycles. The van der Waals surface area contributed by atoms with Crippen molar-refractivity contribution in [1.29, 1.82) is 0 Å². The van der Waals surface area contributed by atoms with Crippen LogP contribution in [0.5, 0.6) is 0 Å². The fraction of sp³-hybridized carbons (Fsp3) is 0.483. The normalized spacial score (nSPS) is 13.1. The molecule has 0 atom stereocenters. The molecule has 0 amide bonds. The van der Waals surface area contributed by atoms with Crippen LogP contribution in [0.2, 0.25) is 17.1 Å². The Morgan fingerprint density at radius 2 is 1.48 bits per heavy atom. The van der Waals surface area contributed by atoms with Gasteiger partial charge in [-0.05, 0) is 46.0 Å². The summed E-state index contributed by atoms with van der Waals surface area (Å²) in [6.07, 6.45) is 2.24.